The van der Waals surface area contributed by atoms with Crippen LogP contribution in [0.3, 0.4) is 0 Å². The van der Waals surface area contributed by atoms with E-state index in [1.165, 1.54) is 5.69 Å². The van der Waals surface area contributed by atoms with Crippen molar-refractivity contribution in [1.82, 2.24) is 0 Å². The van der Waals surface area contributed by atoms with Crippen molar-refractivity contribution in [1.29, 1.82) is 0 Å². The number of hydrogen-bond acceptors (Lipinski definition) is 4. The van der Waals surface area contributed by atoms with Crippen LogP contribution in [-0.2, 0) is 9.47 Å². The van der Waals surface area contributed by atoms with E-state index >= 15 is 0 Å². The summed E-state index contributed by atoms with van der Waals surface area (Å²) in [6, 6.07) is 8.43. The van der Waals surface area contributed by atoms with Crippen LogP contribution in [0.25, 0.3) is 0 Å². The number of hydrogen-bond donors (Lipinski definition) is 0. The molecule has 0 N–H and O–H groups in total. The van der Waals surface area contributed by atoms with Gasteiger partial charge in [-0.25, -0.2) is 0 Å². The number of ether oxygens (including phenoxy) is 3. The van der Waals surface area contributed by atoms with E-state index in [-0.39, 0.29) is 12.3 Å². The minimum atomic E-state index is -0.180. The second-order valence-corrected chi connectivity index (χ2v) is 4.85. The van der Waals surface area contributed by atoms with E-state index < -0.39 is 0 Å². The average Bonchev–Trinajstić information content (AvgIpc) is 2.44. The Morgan fingerprint density at radius 3 is 2.26 bits per heavy atom. The van der Waals surface area contributed by atoms with Crippen LogP contribution in [0, 0.1) is 5.92 Å². The average molecular weight is 265 g/mol. The molecule has 106 valence electrons. The van der Waals surface area contributed by atoms with E-state index in [2.05, 4.69) is 24.0 Å². The molecule has 1 aliphatic heterocycles. The van der Waals surface area contributed by atoms with Crippen LogP contribution in [0.5, 0.6) is 5.75 Å². The first kappa shape index (κ1) is 14.2. The molecule has 0 spiro atoms. The van der Waals surface area contributed by atoms with Gasteiger partial charge in [0.05, 0.1) is 13.2 Å². The first-order valence-electron chi connectivity index (χ1n) is 6.71. The van der Waals surface area contributed by atoms with E-state index in [0.29, 0.717) is 5.92 Å². The summed E-state index contributed by atoms with van der Waals surface area (Å²) in [7, 11) is 5.08. The third-order valence-electron chi connectivity index (χ3n) is 3.95. The molecule has 1 unspecified atom stereocenters. The van der Waals surface area contributed by atoms with Gasteiger partial charge in [-0.3, -0.25) is 0 Å². The largest absolute Gasteiger partial charge is 0.497 e. The molecule has 0 aliphatic carbocycles. The molecule has 1 heterocycles. The van der Waals surface area contributed by atoms with Gasteiger partial charge in [0.1, 0.15) is 5.75 Å². The predicted octanol–water partition coefficient (Wildman–Crippen LogP) is 2.53. The molecule has 4 nitrogen and oxygen atoms in total. The van der Waals surface area contributed by atoms with Crippen molar-refractivity contribution >= 4 is 5.69 Å². The first-order chi connectivity index (χ1) is 9.24. The van der Waals surface area contributed by atoms with Crippen LogP contribution in [0.4, 0.5) is 5.69 Å². The SMILES string of the molecule is CCC1CN(c2ccc(OC)cc2)[C@@H]1C(OC)OC. The lowest BCUT2D eigenvalue weighted by atomic mass is 9.85. The Bertz CT molecular complexity index is 389. The topological polar surface area (TPSA) is 30.9 Å². The zero-order chi connectivity index (χ0) is 13.8. The monoisotopic (exact) mass is 265 g/mol. The van der Waals surface area contributed by atoms with Crippen molar-refractivity contribution in [2.45, 2.75) is 25.7 Å². The number of rotatable bonds is 6. The standard InChI is InChI=1S/C15H23NO3/c1-5-11-10-16(14(11)15(18-3)19-4)12-6-8-13(17-2)9-7-12/h6-9,11,14-15H,5,10H2,1-4H3/t11?,14-/m0/s1. The van der Waals surface area contributed by atoms with E-state index in [4.69, 9.17) is 14.2 Å². The van der Waals surface area contributed by atoms with Crippen LogP contribution in [0.15, 0.2) is 24.3 Å². The summed E-state index contributed by atoms with van der Waals surface area (Å²) in [4.78, 5) is 2.34. The molecule has 0 aromatic heterocycles. The predicted molar refractivity (Wildman–Crippen MR) is 75.7 cm³/mol. The normalized spacial score (nSPS) is 22.5. The Morgan fingerprint density at radius 1 is 1.16 bits per heavy atom. The van der Waals surface area contributed by atoms with Gasteiger partial charge in [-0.1, -0.05) is 6.92 Å². The lowest BCUT2D eigenvalue weighted by molar-refractivity contribution is -0.138. The summed E-state index contributed by atoms with van der Waals surface area (Å²) in [6.07, 6.45) is 0.960. The van der Waals surface area contributed by atoms with E-state index in [0.717, 1.165) is 18.7 Å². The Morgan fingerprint density at radius 2 is 1.79 bits per heavy atom. The van der Waals surface area contributed by atoms with Gasteiger partial charge in [0, 0.05) is 32.4 Å². The molecule has 1 aromatic rings. The van der Waals surface area contributed by atoms with Crippen LogP contribution in [-0.4, -0.2) is 40.2 Å². The highest BCUT2D eigenvalue weighted by Crippen LogP contribution is 2.36. The molecule has 0 bridgehead atoms. The summed E-state index contributed by atoms with van der Waals surface area (Å²) in [5, 5.41) is 0. The summed E-state index contributed by atoms with van der Waals surface area (Å²) in [5.41, 5.74) is 1.19. The van der Waals surface area contributed by atoms with Gasteiger partial charge in [-0.05, 0) is 30.7 Å². The Kier molecular flexibility index (Phi) is 4.66. The molecule has 0 radical (unpaired) electrons. The smallest absolute Gasteiger partial charge is 0.177 e. The zero-order valence-corrected chi connectivity index (χ0v) is 12.1. The van der Waals surface area contributed by atoms with Gasteiger partial charge in [-0.2, -0.15) is 0 Å². The van der Waals surface area contributed by atoms with Crippen LogP contribution in [0.2, 0.25) is 0 Å². The number of anilines is 1. The summed E-state index contributed by atoms with van der Waals surface area (Å²) >= 11 is 0. The lowest BCUT2D eigenvalue weighted by Gasteiger charge is -2.51. The van der Waals surface area contributed by atoms with Gasteiger partial charge < -0.3 is 19.1 Å². The van der Waals surface area contributed by atoms with Crippen molar-refractivity contribution in [2.24, 2.45) is 5.92 Å². The van der Waals surface area contributed by atoms with Gasteiger partial charge in [0.15, 0.2) is 6.29 Å². The van der Waals surface area contributed by atoms with Crippen LogP contribution in [0.1, 0.15) is 13.3 Å². The van der Waals surface area contributed by atoms with Crippen molar-refractivity contribution in [3.8, 4) is 5.75 Å². The molecule has 1 saturated heterocycles. The number of benzene rings is 1. The molecule has 1 aromatic carbocycles. The minimum absolute atomic E-state index is 0.180. The molecular weight excluding hydrogens is 242 g/mol. The number of nitrogens with zero attached hydrogens (tertiary/aromatic N) is 1. The lowest BCUT2D eigenvalue weighted by Crippen LogP contribution is -2.62. The van der Waals surface area contributed by atoms with Gasteiger partial charge >= 0.3 is 0 Å². The fourth-order valence-electron chi connectivity index (χ4n) is 2.76. The highest BCUT2D eigenvalue weighted by Gasteiger charge is 2.43. The third kappa shape index (κ3) is 2.69. The Labute approximate surface area is 115 Å². The summed E-state index contributed by atoms with van der Waals surface area (Å²) in [5.74, 6) is 1.50. The van der Waals surface area contributed by atoms with E-state index in [9.17, 15) is 0 Å². The van der Waals surface area contributed by atoms with E-state index in [1.54, 1.807) is 21.3 Å². The van der Waals surface area contributed by atoms with Crippen molar-refractivity contribution < 1.29 is 14.2 Å². The first-order valence-corrected chi connectivity index (χ1v) is 6.71. The molecule has 19 heavy (non-hydrogen) atoms. The van der Waals surface area contributed by atoms with Gasteiger partial charge in [-0.15, -0.1) is 0 Å². The van der Waals surface area contributed by atoms with Crippen molar-refractivity contribution in [3.63, 3.8) is 0 Å². The maximum atomic E-state index is 5.44. The molecular formula is C15H23NO3. The maximum Gasteiger partial charge on any atom is 0.177 e. The fourth-order valence-corrected chi connectivity index (χ4v) is 2.76. The highest BCUT2D eigenvalue weighted by molar-refractivity contribution is 5.52. The third-order valence-corrected chi connectivity index (χ3v) is 3.95. The Balaban J connectivity index is 2.14. The molecule has 1 fully saturated rings. The molecule has 0 saturated carbocycles. The molecule has 4 heteroatoms. The maximum absolute atomic E-state index is 5.44. The minimum Gasteiger partial charge on any atom is -0.497 e. The second kappa shape index (κ2) is 6.26. The molecule has 2 rings (SSSR count). The molecule has 1 aliphatic rings. The molecule has 0 amide bonds. The zero-order valence-electron chi connectivity index (χ0n) is 12.1. The van der Waals surface area contributed by atoms with Crippen molar-refractivity contribution in [3.05, 3.63) is 24.3 Å². The highest BCUT2D eigenvalue weighted by atomic mass is 16.7. The fraction of sp³-hybridized carbons (Fsp3) is 0.600. The second-order valence-electron chi connectivity index (χ2n) is 4.85. The summed E-state index contributed by atoms with van der Waals surface area (Å²) in [6.45, 7) is 3.27. The Hall–Kier alpha value is -1.26. The van der Waals surface area contributed by atoms with Crippen LogP contribution < -0.4 is 9.64 Å². The van der Waals surface area contributed by atoms with Gasteiger partial charge in [0.2, 0.25) is 0 Å². The van der Waals surface area contributed by atoms with Gasteiger partial charge in [0.25, 0.3) is 0 Å². The van der Waals surface area contributed by atoms with Crippen LogP contribution >= 0.6 is 0 Å². The summed E-state index contributed by atoms with van der Waals surface area (Å²) < 4.78 is 16.1. The van der Waals surface area contributed by atoms with Crippen molar-refractivity contribution in [2.75, 3.05) is 32.8 Å². The molecule has 2 atom stereocenters. The van der Waals surface area contributed by atoms with E-state index in [1.807, 2.05) is 12.1 Å². The quantitative estimate of drug-likeness (QED) is 0.740. The number of methoxy groups -OCH3 is 3.